The highest BCUT2D eigenvalue weighted by atomic mass is 16.2. The smallest absolute Gasteiger partial charge is 0.224 e. The Balaban J connectivity index is 1.54. The topological polar surface area (TPSA) is 62.3 Å². The maximum Gasteiger partial charge on any atom is 0.224 e. The van der Waals surface area contributed by atoms with Crippen molar-refractivity contribution in [1.82, 2.24) is 4.98 Å². The van der Waals surface area contributed by atoms with Gasteiger partial charge in [-0.05, 0) is 38.8 Å². The van der Waals surface area contributed by atoms with Crippen molar-refractivity contribution in [2.75, 3.05) is 23.3 Å². The molecule has 0 saturated carbocycles. The monoisotopic (exact) mass is 351 g/mol. The van der Waals surface area contributed by atoms with E-state index in [2.05, 4.69) is 15.2 Å². The molecule has 5 nitrogen and oxygen atoms in total. The van der Waals surface area contributed by atoms with Crippen LogP contribution < -0.4 is 10.2 Å². The molecule has 0 bridgehead atoms. The summed E-state index contributed by atoms with van der Waals surface area (Å²) < 4.78 is 0. The van der Waals surface area contributed by atoms with E-state index in [0.29, 0.717) is 11.3 Å². The number of anilines is 2. The van der Waals surface area contributed by atoms with Crippen LogP contribution in [-0.4, -0.2) is 29.8 Å². The van der Waals surface area contributed by atoms with Crippen molar-refractivity contribution >= 4 is 23.2 Å². The van der Waals surface area contributed by atoms with Crippen molar-refractivity contribution in [2.24, 2.45) is 0 Å². The fourth-order valence-electron chi connectivity index (χ4n) is 3.13. The number of carbonyl (C=O) groups excluding carboxylic acids is 2. The van der Waals surface area contributed by atoms with E-state index in [4.69, 9.17) is 0 Å². The van der Waals surface area contributed by atoms with Gasteiger partial charge in [0.1, 0.15) is 5.82 Å². The second-order valence-electron chi connectivity index (χ2n) is 6.83. The molecule has 2 aromatic rings. The van der Waals surface area contributed by atoms with E-state index in [-0.39, 0.29) is 24.5 Å². The van der Waals surface area contributed by atoms with Crippen LogP contribution in [0, 0.1) is 13.8 Å². The molecule has 1 aromatic heterocycles. The van der Waals surface area contributed by atoms with Crippen molar-refractivity contribution in [1.29, 1.82) is 0 Å². The first-order chi connectivity index (χ1) is 12.5. The quantitative estimate of drug-likeness (QED) is 0.802. The molecule has 1 saturated heterocycles. The zero-order chi connectivity index (χ0) is 18.5. The largest absolute Gasteiger partial charge is 0.357 e. The van der Waals surface area contributed by atoms with Crippen LogP contribution in [0.1, 0.15) is 47.3 Å². The standard InChI is InChI=1S/C21H25N3O2/c1-15-5-7-17(8-6-15)19(25)10-12-21(26)23-18-9-11-20(22-16(18)2)24-13-3-4-14-24/h5-9,11H,3-4,10,12-14H2,1-2H3,(H,23,26). The summed E-state index contributed by atoms with van der Waals surface area (Å²) in [6, 6.07) is 11.3. The summed E-state index contributed by atoms with van der Waals surface area (Å²) in [6.07, 6.45) is 2.77. The predicted molar refractivity (Wildman–Crippen MR) is 104 cm³/mol. The van der Waals surface area contributed by atoms with Crippen LogP contribution in [0.5, 0.6) is 0 Å². The molecule has 2 heterocycles. The molecule has 0 unspecified atom stereocenters. The van der Waals surface area contributed by atoms with Gasteiger partial charge in [-0.1, -0.05) is 29.8 Å². The van der Waals surface area contributed by atoms with Gasteiger partial charge in [0.05, 0.1) is 11.4 Å². The minimum absolute atomic E-state index is 0.0145. The zero-order valence-electron chi connectivity index (χ0n) is 15.4. The Morgan fingerprint density at radius 2 is 1.69 bits per heavy atom. The lowest BCUT2D eigenvalue weighted by Gasteiger charge is -2.18. The molecule has 1 fully saturated rings. The molecule has 26 heavy (non-hydrogen) atoms. The minimum atomic E-state index is -0.163. The summed E-state index contributed by atoms with van der Waals surface area (Å²) in [4.78, 5) is 31.2. The Morgan fingerprint density at radius 1 is 1.00 bits per heavy atom. The molecule has 0 aliphatic carbocycles. The van der Waals surface area contributed by atoms with E-state index in [1.807, 2.05) is 38.1 Å². The highest BCUT2D eigenvalue weighted by Gasteiger charge is 2.15. The molecule has 1 aromatic carbocycles. The zero-order valence-corrected chi connectivity index (χ0v) is 15.4. The van der Waals surface area contributed by atoms with Gasteiger partial charge in [-0.2, -0.15) is 0 Å². The molecule has 1 aliphatic heterocycles. The number of aromatic nitrogens is 1. The summed E-state index contributed by atoms with van der Waals surface area (Å²) in [5.74, 6) is 0.788. The van der Waals surface area contributed by atoms with E-state index < -0.39 is 0 Å². The Bertz CT molecular complexity index is 793. The van der Waals surface area contributed by atoms with Crippen LogP contribution in [0.25, 0.3) is 0 Å². The van der Waals surface area contributed by atoms with Gasteiger partial charge in [0.25, 0.3) is 0 Å². The predicted octanol–water partition coefficient (Wildman–Crippen LogP) is 3.90. The number of aryl methyl sites for hydroxylation is 2. The number of Topliss-reactive ketones (excluding diaryl/α,β-unsaturated/α-hetero) is 1. The Labute approximate surface area is 154 Å². The van der Waals surface area contributed by atoms with Gasteiger partial charge in [0.2, 0.25) is 5.91 Å². The van der Waals surface area contributed by atoms with Gasteiger partial charge in [0.15, 0.2) is 5.78 Å². The Hall–Kier alpha value is -2.69. The molecule has 0 atom stereocenters. The molecule has 1 aliphatic rings. The van der Waals surface area contributed by atoms with E-state index in [1.165, 1.54) is 12.8 Å². The number of nitrogens with zero attached hydrogens (tertiary/aromatic N) is 2. The summed E-state index contributed by atoms with van der Waals surface area (Å²) in [5, 5.41) is 2.87. The number of amides is 1. The molecular weight excluding hydrogens is 326 g/mol. The number of pyridine rings is 1. The third kappa shape index (κ3) is 4.48. The molecular formula is C21H25N3O2. The lowest BCUT2D eigenvalue weighted by Crippen LogP contribution is -2.20. The number of benzene rings is 1. The fraction of sp³-hybridized carbons (Fsp3) is 0.381. The second kappa shape index (κ2) is 8.13. The average Bonchev–Trinajstić information content (AvgIpc) is 3.17. The maximum absolute atomic E-state index is 12.2. The lowest BCUT2D eigenvalue weighted by atomic mass is 10.0. The van der Waals surface area contributed by atoms with Gasteiger partial charge in [-0.15, -0.1) is 0 Å². The molecule has 5 heteroatoms. The number of hydrogen-bond acceptors (Lipinski definition) is 4. The minimum Gasteiger partial charge on any atom is -0.357 e. The Morgan fingerprint density at radius 3 is 2.35 bits per heavy atom. The van der Waals surface area contributed by atoms with E-state index in [0.717, 1.165) is 30.2 Å². The normalized spacial score (nSPS) is 13.7. The SMILES string of the molecule is Cc1ccc(C(=O)CCC(=O)Nc2ccc(N3CCCC3)nc2C)cc1. The first-order valence-electron chi connectivity index (χ1n) is 9.15. The third-order valence-electron chi connectivity index (χ3n) is 4.73. The van der Waals surface area contributed by atoms with Crippen LogP contribution >= 0.6 is 0 Å². The maximum atomic E-state index is 12.2. The lowest BCUT2D eigenvalue weighted by molar-refractivity contribution is -0.116. The van der Waals surface area contributed by atoms with E-state index in [9.17, 15) is 9.59 Å². The van der Waals surface area contributed by atoms with E-state index >= 15 is 0 Å². The molecule has 0 radical (unpaired) electrons. The van der Waals surface area contributed by atoms with Crippen molar-refractivity contribution in [3.63, 3.8) is 0 Å². The van der Waals surface area contributed by atoms with Crippen molar-refractivity contribution in [2.45, 2.75) is 39.5 Å². The molecule has 1 N–H and O–H groups in total. The second-order valence-corrected chi connectivity index (χ2v) is 6.83. The number of nitrogens with one attached hydrogen (secondary N) is 1. The third-order valence-corrected chi connectivity index (χ3v) is 4.73. The van der Waals surface area contributed by atoms with Gasteiger partial charge < -0.3 is 10.2 Å². The highest BCUT2D eigenvalue weighted by molar-refractivity contribution is 6.00. The number of ketones is 1. The first-order valence-corrected chi connectivity index (χ1v) is 9.15. The van der Waals surface area contributed by atoms with Crippen LogP contribution in [0.3, 0.4) is 0 Å². The highest BCUT2D eigenvalue weighted by Crippen LogP contribution is 2.22. The van der Waals surface area contributed by atoms with Crippen LogP contribution in [0.2, 0.25) is 0 Å². The van der Waals surface area contributed by atoms with Gasteiger partial charge in [-0.25, -0.2) is 4.98 Å². The Kier molecular flexibility index (Phi) is 5.66. The number of hydrogen-bond donors (Lipinski definition) is 1. The van der Waals surface area contributed by atoms with Gasteiger partial charge in [-0.3, -0.25) is 9.59 Å². The average molecular weight is 351 g/mol. The van der Waals surface area contributed by atoms with Gasteiger partial charge in [0, 0.05) is 31.5 Å². The van der Waals surface area contributed by atoms with Crippen molar-refractivity contribution in [3.8, 4) is 0 Å². The number of carbonyl (C=O) groups is 2. The fourth-order valence-corrected chi connectivity index (χ4v) is 3.13. The summed E-state index contributed by atoms with van der Waals surface area (Å²) in [5.41, 5.74) is 3.27. The molecule has 1 amide bonds. The van der Waals surface area contributed by atoms with Gasteiger partial charge >= 0.3 is 0 Å². The summed E-state index contributed by atoms with van der Waals surface area (Å²) in [6.45, 7) is 5.96. The van der Waals surface area contributed by atoms with Crippen molar-refractivity contribution < 1.29 is 9.59 Å². The van der Waals surface area contributed by atoms with Crippen LogP contribution in [-0.2, 0) is 4.79 Å². The van der Waals surface area contributed by atoms with Crippen molar-refractivity contribution in [3.05, 3.63) is 53.2 Å². The van der Waals surface area contributed by atoms with E-state index in [1.54, 1.807) is 12.1 Å². The number of rotatable bonds is 6. The molecule has 0 spiro atoms. The summed E-state index contributed by atoms with van der Waals surface area (Å²) >= 11 is 0. The molecule has 136 valence electrons. The van der Waals surface area contributed by atoms with Crippen LogP contribution in [0.15, 0.2) is 36.4 Å². The molecule has 3 rings (SSSR count). The summed E-state index contributed by atoms with van der Waals surface area (Å²) in [7, 11) is 0. The van der Waals surface area contributed by atoms with Crippen LogP contribution in [0.4, 0.5) is 11.5 Å². The first kappa shape index (κ1) is 18.1.